The van der Waals surface area contributed by atoms with Gasteiger partial charge in [0, 0.05) is 18.3 Å². The van der Waals surface area contributed by atoms with Crippen molar-refractivity contribution >= 4 is 29.9 Å². The van der Waals surface area contributed by atoms with E-state index in [1.165, 1.54) is 0 Å². The van der Waals surface area contributed by atoms with E-state index >= 15 is 0 Å². The fourth-order valence-electron chi connectivity index (χ4n) is 2.40. The molecule has 28 heavy (non-hydrogen) atoms. The number of unbranched alkanes of at least 4 members (excludes halogenated alkanes) is 1. The molecule has 2 rings (SSSR count). The van der Waals surface area contributed by atoms with Crippen molar-refractivity contribution in [3.05, 3.63) is 47.7 Å². The van der Waals surface area contributed by atoms with E-state index in [0.29, 0.717) is 43.0 Å². The van der Waals surface area contributed by atoms with Crippen LogP contribution in [0.3, 0.4) is 0 Å². The van der Waals surface area contributed by atoms with Crippen molar-refractivity contribution < 1.29 is 14.2 Å². The van der Waals surface area contributed by atoms with E-state index in [0.717, 1.165) is 24.0 Å². The van der Waals surface area contributed by atoms with Crippen molar-refractivity contribution in [2.24, 2.45) is 10.7 Å². The molecule has 2 aromatic rings. The maximum Gasteiger partial charge on any atom is 0.218 e. The Morgan fingerprint density at radius 1 is 1.18 bits per heavy atom. The zero-order chi connectivity index (χ0) is 19.5. The molecule has 154 valence electrons. The summed E-state index contributed by atoms with van der Waals surface area (Å²) in [5.74, 6) is 2.34. The van der Waals surface area contributed by atoms with Gasteiger partial charge in [-0.1, -0.05) is 25.5 Å². The van der Waals surface area contributed by atoms with Crippen LogP contribution in [-0.2, 0) is 13.1 Å². The molecule has 7 nitrogen and oxygen atoms in total. The zero-order valence-corrected chi connectivity index (χ0v) is 18.9. The number of pyridine rings is 1. The molecule has 8 heteroatoms. The molecule has 0 atom stereocenters. The van der Waals surface area contributed by atoms with Gasteiger partial charge in [0.1, 0.15) is 0 Å². The van der Waals surface area contributed by atoms with Crippen LogP contribution in [-0.4, -0.2) is 31.8 Å². The third-order valence-electron chi connectivity index (χ3n) is 3.93. The molecule has 0 unspecified atom stereocenters. The average molecular weight is 500 g/mol. The van der Waals surface area contributed by atoms with E-state index < -0.39 is 0 Å². The second-order valence-corrected chi connectivity index (χ2v) is 5.91. The number of aliphatic imine (C=N–C) groups is 1. The Balaban J connectivity index is 0.00000392. The van der Waals surface area contributed by atoms with Crippen molar-refractivity contribution in [3.8, 4) is 17.4 Å². The van der Waals surface area contributed by atoms with E-state index in [1.807, 2.05) is 30.3 Å². The summed E-state index contributed by atoms with van der Waals surface area (Å²) in [4.78, 5) is 8.66. The van der Waals surface area contributed by atoms with Crippen molar-refractivity contribution in [1.82, 2.24) is 10.3 Å². The molecule has 0 amide bonds. The largest absolute Gasteiger partial charge is 0.493 e. The van der Waals surface area contributed by atoms with E-state index in [-0.39, 0.29) is 24.0 Å². The Morgan fingerprint density at radius 2 is 1.96 bits per heavy atom. The highest BCUT2D eigenvalue weighted by molar-refractivity contribution is 14.0. The number of nitrogens with one attached hydrogen (secondary N) is 1. The summed E-state index contributed by atoms with van der Waals surface area (Å²) in [5, 5.41) is 3.10. The number of ether oxygens (including phenoxy) is 3. The number of rotatable bonds is 10. The van der Waals surface area contributed by atoms with Crippen LogP contribution in [0.15, 0.2) is 41.5 Å². The van der Waals surface area contributed by atoms with E-state index in [9.17, 15) is 0 Å². The molecule has 1 aromatic carbocycles. The van der Waals surface area contributed by atoms with Crippen LogP contribution in [0, 0.1) is 0 Å². The first-order valence-electron chi connectivity index (χ1n) is 8.99. The van der Waals surface area contributed by atoms with Crippen molar-refractivity contribution in [2.75, 3.05) is 20.8 Å². The summed E-state index contributed by atoms with van der Waals surface area (Å²) < 4.78 is 16.3. The third kappa shape index (κ3) is 7.41. The van der Waals surface area contributed by atoms with Crippen LogP contribution in [0.25, 0.3) is 0 Å². The molecule has 1 heterocycles. The lowest BCUT2D eigenvalue weighted by atomic mass is 10.2. The molecule has 0 fully saturated rings. The molecular weight excluding hydrogens is 471 g/mol. The van der Waals surface area contributed by atoms with Crippen LogP contribution in [0.4, 0.5) is 0 Å². The lowest BCUT2D eigenvalue weighted by Crippen LogP contribution is -2.31. The topological polar surface area (TPSA) is 91.0 Å². The van der Waals surface area contributed by atoms with Gasteiger partial charge in [0.25, 0.3) is 0 Å². The number of nitrogens with two attached hydrogens (primary N) is 1. The maximum absolute atomic E-state index is 5.99. The Morgan fingerprint density at radius 3 is 2.68 bits per heavy atom. The second kappa shape index (κ2) is 13.0. The Hall–Kier alpha value is -2.23. The SMILES string of the molecule is CCCCOc1ncccc1CNC(N)=NCc1ccc(OC)c(OC)c1.I. The number of nitrogens with zero attached hydrogens (tertiary/aromatic N) is 2. The first-order chi connectivity index (χ1) is 13.2. The van der Waals surface area contributed by atoms with Gasteiger partial charge in [-0.05, 0) is 30.2 Å². The van der Waals surface area contributed by atoms with Gasteiger partial charge in [-0.25, -0.2) is 9.98 Å². The van der Waals surface area contributed by atoms with Crippen LogP contribution in [0.2, 0.25) is 0 Å². The maximum atomic E-state index is 5.99. The van der Waals surface area contributed by atoms with E-state index in [4.69, 9.17) is 19.9 Å². The van der Waals surface area contributed by atoms with Crippen molar-refractivity contribution in [3.63, 3.8) is 0 Å². The average Bonchev–Trinajstić information content (AvgIpc) is 2.71. The highest BCUT2D eigenvalue weighted by atomic mass is 127. The van der Waals surface area contributed by atoms with Crippen molar-refractivity contribution in [1.29, 1.82) is 0 Å². The number of hydrogen-bond donors (Lipinski definition) is 2. The first kappa shape index (κ1) is 23.8. The number of methoxy groups -OCH3 is 2. The summed E-state index contributed by atoms with van der Waals surface area (Å²) in [7, 11) is 3.21. The van der Waals surface area contributed by atoms with Gasteiger partial charge in [0.15, 0.2) is 17.5 Å². The second-order valence-electron chi connectivity index (χ2n) is 5.91. The molecule has 0 spiro atoms. The molecule has 0 saturated carbocycles. The number of hydrogen-bond acceptors (Lipinski definition) is 5. The smallest absolute Gasteiger partial charge is 0.218 e. The summed E-state index contributed by atoms with van der Waals surface area (Å²) in [6.45, 7) is 3.71. The predicted octanol–water partition coefficient (Wildman–Crippen LogP) is 3.50. The van der Waals surface area contributed by atoms with Gasteiger partial charge in [-0.3, -0.25) is 0 Å². The zero-order valence-electron chi connectivity index (χ0n) is 16.6. The lowest BCUT2D eigenvalue weighted by molar-refractivity contribution is 0.294. The molecular formula is C20H29IN4O3. The third-order valence-corrected chi connectivity index (χ3v) is 3.93. The first-order valence-corrected chi connectivity index (χ1v) is 8.99. The normalized spacial score (nSPS) is 10.8. The van der Waals surface area contributed by atoms with Crippen LogP contribution in [0.5, 0.6) is 17.4 Å². The van der Waals surface area contributed by atoms with Gasteiger partial charge in [-0.2, -0.15) is 0 Å². The summed E-state index contributed by atoms with van der Waals surface area (Å²) >= 11 is 0. The van der Waals surface area contributed by atoms with Gasteiger partial charge in [0.05, 0.1) is 27.4 Å². The number of aromatic nitrogens is 1. The standard InChI is InChI=1S/C20H28N4O3.HI/c1-4-5-11-27-19-16(7-6-10-22-19)14-24-20(21)23-13-15-8-9-17(25-2)18(12-15)26-3;/h6-10,12H,4-5,11,13-14H2,1-3H3,(H3,21,23,24);1H. The molecule has 3 N–H and O–H groups in total. The van der Waals surface area contributed by atoms with Crippen LogP contribution >= 0.6 is 24.0 Å². The molecule has 0 radical (unpaired) electrons. The van der Waals surface area contributed by atoms with Gasteiger partial charge in [-0.15, -0.1) is 24.0 Å². The van der Waals surface area contributed by atoms with Crippen molar-refractivity contribution in [2.45, 2.75) is 32.9 Å². The predicted molar refractivity (Wildman–Crippen MR) is 122 cm³/mol. The molecule has 0 aliphatic carbocycles. The molecule has 0 saturated heterocycles. The number of benzene rings is 1. The van der Waals surface area contributed by atoms with Crippen LogP contribution in [0.1, 0.15) is 30.9 Å². The highest BCUT2D eigenvalue weighted by Gasteiger charge is 2.06. The number of halogens is 1. The van der Waals surface area contributed by atoms with Gasteiger partial charge in [0.2, 0.25) is 5.88 Å². The molecule has 0 bridgehead atoms. The van der Waals surface area contributed by atoms with E-state index in [1.54, 1.807) is 20.4 Å². The molecule has 0 aliphatic rings. The van der Waals surface area contributed by atoms with Gasteiger partial charge < -0.3 is 25.3 Å². The van der Waals surface area contributed by atoms with E-state index in [2.05, 4.69) is 22.2 Å². The minimum atomic E-state index is 0. The monoisotopic (exact) mass is 500 g/mol. The fourth-order valence-corrected chi connectivity index (χ4v) is 2.40. The fraction of sp³-hybridized carbons (Fsp3) is 0.400. The minimum Gasteiger partial charge on any atom is -0.493 e. The molecule has 0 aliphatic heterocycles. The Kier molecular flexibility index (Phi) is 11.1. The number of guanidine groups is 1. The van der Waals surface area contributed by atoms with Gasteiger partial charge >= 0.3 is 0 Å². The highest BCUT2D eigenvalue weighted by Crippen LogP contribution is 2.27. The molecule has 1 aromatic heterocycles. The summed E-state index contributed by atoms with van der Waals surface area (Å²) in [6.07, 6.45) is 3.80. The minimum absolute atomic E-state index is 0. The Labute approximate surface area is 183 Å². The quantitative estimate of drug-likeness (QED) is 0.225. The lowest BCUT2D eigenvalue weighted by Gasteiger charge is -2.11. The summed E-state index contributed by atoms with van der Waals surface area (Å²) in [5.41, 5.74) is 7.91. The summed E-state index contributed by atoms with van der Waals surface area (Å²) in [6, 6.07) is 9.50. The Bertz CT molecular complexity index is 756. The van der Waals surface area contributed by atoms with Crippen LogP contribution < -0.4 is 25.3 Å².